The number of hydrogen-bond acceptors (Lipinski definition) is 4. The summed E-state index contributed by atoms with van der Waals surface area (Å²) in [6.45, 7) is 10.6. The lowest BCUT2D eigenvalue weighted by Crippen LogP contribution is -2.45. The van der Waals surface area contributed by atoms with E-state index in [-0.39, 0.29) is 18.3 Å². The van der Waals surface area contributed by atoms with Gasteiger partial charge in [-0.05, 0) is 35.1 Å². The number of hydrogen-bond donors (Lipinski definition) is 0. The molecule has 4 nitrogen and oxygen atoms in total. The first-order valence-electron chi connectivity index (χ1n) is 11.2. The fourth-order valence-corrected chi connectivity index (χ4v) is 3.92. The number of benzene rings is 2. The van der Waals surface area contributed by atoms with Crippen LogP contribution in [0.2, 0.25) is 0 Å². The van der Waals surface area contributed by atoms with Crippen LogP contribution in [0.4, 0.5) is 0 Å². The van der Waals surface area contributed by atoms with Gasteiger partial charge in [-0.2, -0.15) is 0 Å². The Balaban J connectivity index is 0.00000272. The topological polar surface area (TPSA) is 36.9 Å². The highest BCUT2D eigenvalue weighted by Crippen LogP contribution is 2.32. The Labute approximate surface area is 187 Å². The van der Waals surface area contributed by atoms with Crippen LogP contribution in [0, 0.1) is 10.8 Å². The lowest BCUT2D eigenvalue weighted by molar-refractivity contribution is -0.152. The van der Waals surface area contributed by atoms with E-state index in [2.05, 4.69) is 62.4 Å². The summed E-state index contributed by atoms with van der Waals surface area (Å²) in [5.74, 6) is 0. The van der Waals surface area contributed by atoms with Gasteiger partial charge in [0.05, 0.1) is 52.9 Å². The van der Waals surface area contributed by atoms with Crippen LogP contribution in [0.1, 0.15) is 45.2 Å². The van der Waals surface area contributed by atoms with Gasteiger partial charge in [-0.15, -0.1) is 0 Å². The molecule has 0 spiro atoms. The lowest BCUT2D eigenvalue weighted by atomic mass is 9.84. The monoisotopic (exact) mass is 426 g/mol. The van der Waals surface area contributed by atoms with Crippen molar-refractivity contribution in [2.45, 2.75) is 47.3 Å². The summed E-state index contributed by atoms with van der Waals surface area (Å²) in [4.78, 5) is 0. The fraction of sp³-hybridized carbons (Fsp3) is 0.556. The number of rotatable bonds is 11. The molecule has 2 saturated heterocycles. The Morgan fingerprint density at radius 1 is 0.645 bits per heavy atom. The van der Waals surface area contributed by atoms with E-state index in [0.717, 1.165) is 52.5 Å². The van der Waals surface area contributed by atoms with Crippen molar-refractivity contribution >= 4 is 0 Å². The molecule has 2 heterocycles. The second-order valence-corrected chi connectivity index (χ2v) is 9.07. The minimum atomic E-state index is 0. The molecule has 2 aliphatic rings. The van der Waals surface area contributed by atoms with Gasteiger partial charge in [0, 0.05) is 10.8 Å². The van der Waals surface area contributed by atoms with Gasteiger partial charge < -0.3 is 18.9 Å². The zero-order chi connectivity index (χ0) is 20.9. The summed E-state index contributed by atoms with van der Waals surface area (Å²) in [6, 6.07) is 17.3. The third-order valence-corrected chi connectivity index (χ3v) is 6.73. The molecule has 2 aromatic rings. The van der Waals surface area contributed by atoms with E-state index in [9.17, 15) is 0 Å². The van der Waals surface area contributed by atoms with E-state index < -0.39 is 0 Å². The lowest BCUT2D eigenvalue weighted by Gasteiger charge is -2.40. The molecule has 0 saturated carbocycles. The molecule has 0 radical (unpaired) electrons. The summed E-state index contributed by atoms with van der Waals surface area (Å²) in [5.41, 5.74) is 5.35. The molecule has 31 heavy (non-hydrogen) atoms. The van der Waals surface area contributed by atoms with E-state index in [1.54, 1.807) is 0 Å². The fourth-order valence-electron chi connectivity index (χ4n) is 3.92. The molecule has 4 heteroatoms. The first-order valence-corrected chi connectivity index (χ1v) is 11.2. The highest BCUT2D eigenvalue weighted by molar-refractivity contribution is 5.63. The van der Waals surface area contributed by atoms with Crippen LogP contribution in [0.3, 0.4) is 0 Å². The minimum Gasteiger partial charge on any atom is -0.380 e. The summed E-state index contributed by atoms with van der Waals surface area (Å²) in [5, 5.41) is 0. The smallest absolute Gasteiger partial charge is 0.0717 e. The normalized spacial score (nSPS) is 18.5. The predicted octanol–water partition coefficient (Wildman–Crippen LogP) is 5.88. The van der Waals surface area contributed by atoms with Gasteiger partial charge in [-0.3, -0.25) is 0 Å². The van der Waals surface area contributed by atoms with Crippen LogP contribution in [-0.4, -0.2) is 39.6 Å². The molecule has 0 atom stereocenters. The molecule has 0 aliphatic carbocycles. The number of ether oxygens (including phenoxy) is 4. The second-order valence-electron chi connectivity index (χ2n) is 9.07. The highest BCUT2D eigenvalue weighted by Gasteiger charge is 2.37. The van der Waals surface area contributed by atoms with Crippen molar-refractivity contribution in [3.05, 3.63) is 59.7 Å². The molecule has 2 aliphatic heterocycles. The Hall–Kier alpha value is -1.72. The quantitative estimate of drug-likeness (QED) is 0.450. The molecule has 2 aromatic carbocycles. The van der Waals surface area contributed by atoms with Crippen molar-refractivity contribution in [3.63, 3.8) is 0 Å². The Morgan fingerprint density at radius 2 is 1.00 bits per heavy atom. The third-order valence-electron chi connectivity index (χ3n) is 6.73. The van der Waals surface area contributed by atoms with Crippen molar-refractivity contribution < 1.29 is 18.9 Å². The van der Waals surface area contributed by atoms with E-state index in [4.69, 9.17) is 18.9 Å². The Bertz CT molecular complexity index is 708. The van der Waals surface area contributed by atoms with Crippen LogP contribution in [-0.2, 0) is 32.2 Å². The summed E-state index contributed by atoms with van der Waals surface area (Å²) < 4.78 is 22.6. The standard InChI is InChI=1S/C26H34O4.CH4/c1-3-25(17-29-18-25)15-27-13-21-5-9-23(10-6-21)24-11-7-22(8-12-24)14-28-16-26(4-2)19-30-20-26;/h5-12H,3-4,13-20H2,1-2H3;1H4. The molecule has 0 N–H and O–H groups in total. The summed E-state index contributed by atoms with van der Waals surface area (Å²) in [7, 11) is 0. The third kappa shape index (κ3) is 5.75. The van der Waals surface area contributed by atoms with Crippen molar-refractivity contribution in [3.8, 4) is 11.1 Å². The van der Waals surface area contributed by atoms with E-state index >= 15 is 0 Å². The van der Waals surface area contributed by atoms with Gasteiger partial charge in [-0.25, -0.2) is 0 Å². The highest BCUT2D eigenvalue weighted by atomic mass is 16.5. The minimum absolute atomic E-state index is 0. The largest absolute Gasteiger partial charge is 0.380 e. The molecule has 0 amide bonds. The SMILES string of the molecule is C.CCC1(COCc2ccc(-c3ccc(COCC4(CC)COC4)cc3)cc2)COC1. The average Bonchev–Trinajstić information content (AvgIpc) is 2.73. The first kappa shape index (κ1) is 23.9. The van der Waals surface area contributed by atoms with Gasteiger partial charge >= 0.3 is 0 Å². The molecule has 0 bridgehead atoms. The van der Waals surface area contributed by atoms with Crippen molar-refractivity contribution in [2.75, 3.05) is 39.6 Å². The van der Waals surface area contributed by atoms with Crippen molar-refractivity contribution in [2.24, 2.45) is 10.8 Å². The van der Waals surface area contributed by atoms with Crippen molar-refractivity contribution in [1.29, 1.82) is 0 Å². The second kappa shape index (κ2) is 10.7. The first-order chi connectivity index (χ1) is 14.7. The zero-order valence-electron chi connectivity index (χ0n) is 18.3. The van der Waals surface area contributed by atoms with Crippen molar-refractivity contribution in [1.82, 2.24) is 0 Å². The average molecular weight is 427 g/mol. The predicted molar refractivity (Wildman–Crippen MR) is 125 cm³/mol. The maximum atomic E-state index is 5.96. The van der Waals surface area contributed by atoms with Gasteiger partial charge in [0.1, 0.15) is 0 Å². The van der Waals surface area contributed by atoms with E-state index in [1.807, 2.05) is 0 Å². The van der Waals surface area contributed by atoms with Crippen LogP contribution >= 0.6 is 0 Å². The Morgan fingerprint density at radius 3 is 1.26 bits per heavy atom. The molecule has 170 valence electrons. The van der Waals surface area contributed by atoms with E-state index in [1.165, 1.54) is 22.3 Å². The van der Waals surface area contributed by atoms with Gasteiger partial charge in [0.15, 0.2) is 0 Å². The van der Waals surface area contributed by atoms with Crippen LogP contribution in [0.25, 0.3) is 11.1 Å². The molecule has 4 rings (SSSR count). The van der Waals surface area contributed by atoms with Gasteiger partial charge in [0.2, 0.25) is 0 Å². The zero-order valence-corrected chi connectivity index (χ0v) is 18.3. The van der Waals surface area contributed by atoms with Gasteiger partial charge in [-0.1, -0.05) is 69.8 Å². The molecule has 0 aromatic heterocycles. The molecular formula is C27H38O4. The summed E-state index contributed by atoms with van der Waals surface area (Å²) in [6.07, 6.45) is 2.22. The maximum absolute atomic E-state index is 5.96. The van der Waals surface area contributed by atoms with Crippen LogP contribution < -0.4 is 0 Å². The summed E-state index contributed by atoms with van der Waals surface area (Å²) >= 11 is 0. The van der Waals surface area contributed by atoms with Gasteiger partial charge in [0.25, 0.3) is 0 Å². The van der Waals surface area contributed by atoms with E-state index in [0.29, 0.717) is 13.2 Å². The van der Waals surface area contributed by atoms with Crippen LogP contribution in [0.15, 0.2) is 48.5 Å². The maximum Gasteiger partial charge on any atom is 0.0717 e. The molecule has 2 fully saturated rings. The van der Waals surface area contributed by atoms with Crippen LogP contribution in [0.5, 0.6) is 0 Å². The molecular weight excluding hydrogens is 388 g/mol. The Kier molecular flexibility index (Phi) is 8.29. The molecule has 0 unspecified atom stereocenters.